The molecule has 1 fully saturated rings. The summed E-state index contributed by atoms with van der Waals surface area (Å²) in [5, 5.41) is 9.82. The van der Waals surface area contributed by atoms with Crippen LogP contribution in [0, 0.1) is 0 Å². The van der Waals surface area contributed by atoms with Crippen molar-refractivity contribution >= 4 is 5.97 Å². The Hall–Kier alpha value is -0.610. The molecule has 0 unspecified atom stereocenters. The highest BCUT2D eigenvalue weighted by atomic mass is 16.6. The quantitative estimate of drug-likeness (QED) is 0.641. The number of hydrogen-bond donors (Lipinski definition) is 2. The third-order valence-electron chi connectivity index (χ3n) is 2.45. The second-order valence-corrected chi connectivity index (χ2v) is 5.01. The molecule has 1 rings (SSSR count). The summed E-state index contributed by atoms with van der Waals surface area (Å²) in [4.78, 5) is 11.4. The van der Waals surface area contributed by atoms with Gasteiger partial charge in [0, 0.05) is 6.04 Å². The van der Waals surface area contributed by atoms with E-state index in [2.05, 4.69) is 0 Å². The fourth-order valence-electron chi connectivity index (χ4n) is 1.49. The van der Waals surface area contributed by atoms with E-state index in [-0.39, 0.29) is 18.4 Å². The fraction of sp³-hybridized carbons (Fsp3) is 0.900. The van der Waals surface area contributed by atoms with E-state index in [4.69, 9.17) is 10.5 Å². The number of carbonyl (C=O) groups excluding carboxylic acids is 1. The van der Waals surface area contributed by atoms with Gasteiger partial charge in [-0.3, -0.25) is 4.79 Å². The fourth-order valence-corrected chi connectivity index (χ4v) is 1.49. The van der Waals surface area contributed by atoms with Crippen molar-refractivity contribution in [2.24, 2.45) is 5.73 Å². The zero-order valence-electron chi connectivity index (χ0n) is 9.04. The van der Waals surface area contributed by atoms with Gasteiger partial charge in [0.15, 0.2) is 0 Å². The van der Waals surface area contributed by atoms with Crippen LogP contribution in [0.25, 0.3) is 0 Å². The van der Waals surface area contributed by atoms with Crippen molar-refractivity contribution in [1.82, 2.24) is 0 Å². The van der Waals surface area contributed by atoms with Gasteiger partial charge in [0.25, 0.3) is 0 Å². The standard InChI is InChI=1S/C10H19NO3/c1-9(2,3)14-8(12)6-10(13)5-4-7(10)11/h7,13H,4-6,11H2,1-3H3/t7-,10+/m1/s1. The molecule has 82 valence electrons. The zero-order valence-corrected chi connectivity index (χ0v) is 9.04. The van der Waals surface area contributed by atoms with Crippen LogP contribution in [-0.2, 0) is 9.53 Å². The van der Waals surface area contributed by atoms with Crippen LogP contribution < -0.4 is 5.73 Å². The predicted molar refractivity (Wildman–Crippen MR) is 52.6 cm³/mol. The van der Waals surface area contributed by atoms with E-state index < -0.39 is 11.2 Å². The largest absolute Gasteiger partial charge is 0.460 e. The van der Waals surface area contributed by atoms with Crippen LogP contribution in [0.15, 0.2) is 0 Å². The zero-order chi connectivity index (χ0) is 11.0. The molecule has 14 heavy (non-hydrogen) atoms. The highest BCUT2D eigenvalue weighted by Gasteiger charge is 2.45. The summed E-state index contributed by atoms with van der Waals surface area (Å²) in [5.74, 6) is -0.379. The summed E-state index contributed by atoms with van der Waals surface area (Å²) in [7, 11) is 0. The molecular weight excluding hydrogens is 182 g/mol. The molecular formula is C10H19NO3. The van der Waals surface area contributed by atoms with Crippen molar-refractivity contribution in [3.05, 3.63) is 0 Å². The molecule has 4 heteroatoms. The Kier molecular flexibility index (Phi) is 2.88. The minimum absolute atomic E-state index is 0.00539. The first-order valence-electron chi connectivity index (χ1n) is 4.93. The smallest absolute Gasteiger partial charge is 0.309 e. The van der Waals surface area contributed by atoms with Crippen molar-refractivity contribution in [3.63, 3.8) is 0 Å². The summed E-state index contributed by atoms with van der Waals surface area (Å²) in [6, 6.07) is -0.282. The van der Waals surface area contributed by atoms with Gasteiger partial charge in [-0.05, 0) is 33.6 Å². The predicted octanol–water partition coefficient (Wildman–Crippen LogP) is 0.570. The molecule has 0 aromatic carbocycles. The molecule has 0 amide bonds. The average Bonchev–Trinajstić information content (AvgIpc) is 1.98. The van der Waals surface area contributed by atoms with Crippen molar-refractivity contribution in [2.75, 3.05) is 0 Å². The Balaban J connectivity index is 2.41. The van der Waals surface area contributed by atoms with Crippen molar-refractivity contribution < 1.29 is 14.6 Å². The van der Waals surface area contributed by atoms with E-state index in [1.54, 1.807) is 20.8 Å². The highest BCUT2D eigenvalue weighted by molar-refractivity contribution is 5.71. The molecule has 1 aliphatic rings. The first-order valence-corrected chi connectivity index (χ1v) is 4.93. The lowest BCUT2D eigenvalue weighted by atomic mass is 9.73. The SMILES string of the molecule is CC(C)(C)OC(=O)C[C@@]1(O)CC[C@H]1N. The normalized spacial score (nSPS) is 32.2. The van der Waals surface area contributed by atoms with Gasteiger partial charge in [-0.15, -0.1) is 0 Å². The van der Waals surface area contributed by atoms with Gasteiger partial charge in [-0.1, -0.05) is 0 Å². The topological polar surface area (TPSA) is 72.5 Å². The molecule has 4 nitrogen and oxygen atoms in total. The first kappa shape index (κ1) is 11.5. The number of aliphatic hydroxyl groups is 1. The number of carbonyl (C=O) groups is 1. The van der Waals surface area contributed by atoms with E-state index in [0.717, 1.165) is 6.42 Å². The Bertz CT molecular complexity index is 234. The number of esters is 1. The Morgan fingerprint density at radius 1 is 1.64 bits per heavy atom. The molecule has 2 atom stereocenters. The van der Waals surface area contributed by atoms with Crippen LogP contribution >= 0.6 is 0 Å². The minimum atomic E-state index is -1.03. The van der Waals surface area contributed by atoms with Gasteiger partial charge in [0.1, 0.15) is 5.60 Å². The lowest BCUT2D eigenvalue weighted by Gasteiger charge is -2.42. The molecule has 1 aliphatic carbocycles. The van der Waals surface area contributed by atoms with E-state index in [1.807, 2.05) is 0 Å². The second-order valence-electron chi connectivity index (χ2n) is 5.01. The second kappa shape index (κ2) is 3.51. The van der Waals surface area contributed by atoms with Gasteiger partial charge >= 0.3 is 5.97 Å². The van der Waals surface area contributed by atoms with Crippen LogP contribution in [0.2, 0.25) is 0 Å². The maximum absolute atomic E-state index is 11.4. The van der Waals surface area contributed by atoms with E-state index in [0.29, 0.717) is 6.42 Å². The Labute approximate surface area is 84.4 Å². The minimum Gasteiger partial charge on any atom is -0.460 e. The molecule has 0 spiro atoms. The van der Waals surface area contributed by atoms with Gasteiger partial charge in [-0.25, -0.2) is 0 Å². The van der Waals surface area contributed by atoms with Crippen molar-refractivity contribution in [3.8, 4) is 0 Å². The van der Waals surface area contributed by atoms with E-state index in [9.17, 15) is 9.90 Å². The summed E-state index contributed by atoms with van der Waals surface area (Å²) < 4.78 is 5.10. The maximum atomic E-state index is 11.4. The molecule has 3 N–H and O–H groups in total. The van der Waals surface area contributed by atoms with Crippen LogP contribution in [0.1, 0.15) is 40.0 Å². The molecule has 0 saturated heterocycles. The molecule has 0 aliphatic heterocycles. The molecule has 1 saturated carbocycles. The van der Waals surface area contributed by atoms with Crippen LogP contribution in [-0.4, -0.2) is 28.3 Å². The molecule has 0 aromatic rings. The molecule has 0 bridgehead atoms. The van der Waals surface area contributed by atoms with Crippen molar-refractivity contribution in [1.29, 1.82) is 0 Å². The molecule has 0 aromatic heterocycles. The average molecular weight is 201 g/mol. The van der Waals surface area contributed by atoms with Crippen molar-refractivity contribution in [2.45, 2.75) is 57.3 Å². The summed E-state index contributed by atoms with van der Waals surface area (Å²) in [6.07, 6.45) is 1.37. The summed E-state index contributed by atoms with van der Waals surface area (Å²) in [6.45, 7) is 5.40. The summed E-state index contributed by atoms with van der Waals surface area (Å²) in [5.41, 5.74) is 4.09. The Morgan fingerprint density at radius 2 is 2.21 bits per heavy atom. The van der Waals surface area contributed by atoms with Gasteiger partial charge in [0.05, 0.1) is 12.0 Å². The molecule has 0 heterocycles. The third-order valence-corrected chi connectivity index (χ3v) is 2.45. The van der Waals surface area contributed by atoms with E-state index >= 15 is 0 Å². The van der Waals surface area contributed by atoms with E-state index in [1.165, 1.54) is 0 Å². The summed E-state index contributed by atoms with van der Waals surface area (Å²) >= 11 is 0. The van der Waals surface area contributed by atoms with Gasteiger partial charge in [-0.2, -0.15) is 0 Å². The lowest BCUT2D eigenvalue weighted by Crippen LogP contribution is -2.58. The Morgan fingerprint density at radius 3 is 2.50 bits per heavy atom. The highest BCUT2D eigenvalue weighted by Crippen LogP contribution is 2.34. The maximum Gasteiger partial charge on any atom is 0.309 e. The number of rotatable bonds is 2. The van der Waals surface area contributed by atoms with Gasteiger partial charge in [0.2, 0.25) is 0 Å². The van der Waals surface area contributed by atoms with Gasteiger partial charge < -0.3 is 15.6 Å². The number of nitrogens with two attached hydrogens (primary N) is 1. The lowest BCUT2D eigenvalue weighted by molar-refractivity contribution is -0.165. The van der Waals surface area contributed by atoms with Crippen LogP contribution in [0.3, 0.4) is 0 Å². The number of ether oxygens (including phenoxy) is 1. The van der Waals surface area contributed by atoms with Crippen LogP contribution in [0.5, 0.6) is 0 Å². The third kappa shape index (κ3) is 2.69. The van der Waals surface area contributed by atoms with Crippen LogP contribution in [0.4, 0.5) is 0 Å². The monoisotopic (exact) mass is 201 g/mol. The molecule has 0 radical (unpaired) electrons. The first-order chi connectivity index (χ1) is 6.23. The number of hydrogen-bond acceptors (Lipinski definition) is 4.